The SMILES string of the molecule is COC(=O)C[C@@H](c1ccc([N+](=O)[O-])cc1)[C@H](NC(=O)C1CC1)C(=O)OC. The Morgan fingerprint density at radius 2 is 1.81 bits per heavy atom. The zero-order chi connectivity index (χ0) is 19.3. The molecule has 9 nitrogen and oxygen atoms in total. The minimum Gasteiger partial charge on any atom is -0.469 e. The van der Waals surface area contributed by atoms with Gasteiger partial charge in [0.05, 0.1) is 25.6 Å². The Bertz CT molecular complexity index is 698. The number of carbonyl (C=O) groups is 3. The first-order valence-electron chi connectivity index (χ1n) is 8.06. The van der Waals surface area contributed by atoms with Crippen LogP contribution < -0.4 is 5.32 Å². The van der Waals surface area contributed by atoms with Crippen molar-refractivity contribution in [1.82, 2.24) is 5.32 Å². The molecule has 0 aromatic heterocycles. The van der Waals surface area contributed by atoms with Crippen molar-refractivity contribution in [2.45, 2.75) is 31.2 Å². The third kappa shape index (κ3) is 4.78. The molecule has 26 heavy (non-hydrogen) atoms. The maximum atomic E-state index is 12.3. The van der Waals surface area contributed by atoms with Crippen LogP contribution in [0.25, 0.3) is 0 Å². The van der Waals surface area contributed by atoms with E-state index in [-0.39, 0.29) is 23.9 Å². The minimum absolute atomic E-state index is 0.123. The number of nitrogens with zero attached hydrogens (tertiary/aromatic N) is 1. The second-order valence-electron chi connectivity index (χ2n) is 6.02. The van der Waals surface area contributed by atoms with E-state index in [4.69, 9.17) is 4.74 Å². The number of benzene rings is 1. The summed E-state index contributed by atoms with van der Waals surface area (Å²) < 4.78 is 9.46. The molecule has 0 radical (unpaired) electrons. The van der Waals surface area contributed by atoms with E-state index in [1.807, 2.05) is 0 Å². The number of methoxy groups -OCH3 is 2. The Labute approximate surface area is 149 Å². The van der Waals surface area contributed by atoms with Crippen molar-refractivity contribution < 1.29 is 28.8 Å². The van der Waals surface area contributed by atoms with E-state index >= 15 is 0 Å². The zero-order valence-corrected chi connectivity index (χ0v) is 14.5. The molecule has 1 fully saturated rings. The lowest BCUT2D eigenvalue weighted by atomic mass is 9.88. The van der Waals surface area contributed by atoms with Gasteiger partial charge in [-0.05, 0) is 18.4 Å². The van der Waals surface area contributed by atoms with Crippen LogP contribution in [0.15, 0.2) is 24.3 Å². The molecular formula is C17H20N2O7. The van der Waals surface area contributed by atoms with Gasteiger partial charge < -0.3 is 14.8 Å². The van der Waals surface area contributed by atoms with E-state index in [1.54, 1.807) is 0 Å². The topological polar surface area (TPSA) is 125 Å². The Morgan fingerprint density at radius 3 is 2.27 bits per heavy atom. The number of amides is 1. The number of ether oxygens (including phenoxy) is 2. The van der Waals surface area contributed by atoms with Gasteiger partial charge in [0, 0.05) is 24.0 Å². The molecule has 2 atom stereocenters. The van der Waals surface area contributed by atoms with Crippen LogP contribution in [0.5, 0.6) is 0 Å². The van der Waals surface area contributed by atoms with Crippen LogP contribution in [0, 0.1) is 16.0 Å². The van der Waals surface area contributed by atoms with E-state index in [0.717, 1.165) is 12.8 Å². The molecular weight excluding hydrogens is 344 g/mol. The maximum absolute atomic E-state index is 12.3. The van der Waals surface area contributed by atoms with Crippen LogP contribution in [0.1, 0.15) is 30.7 Å². The highest BCUT2D eigenvalue weighted by Gasteiger charge is 2.38. The second-order valence-corrected chi connectivity index (χ2v) is 6.02. The van der Waals surface area contributed by atoms with Crippen molar-refractivity contribution in [3.8, 4) is 0 Å². The van der Waals surface area contributed by atoms with Crippen molar-refractivity contribution in [2.75, 3.05) is 14.2 Å². The van der Waals surface area contributed by atoms with E-state index in [2.05, 4.69) is 10.1 Å². The number of rotatable bonds is 8. The highest BCUT2D eigenvalue weighted by atomic mass is 16.6. The van der Waals surface area contributed by atoms with Gasteiger partial charge in [-0.15, -0.1) is 0 Å². The summed E-state index contributed by atoms with van der Waals surface area (Å²) >= 11 is 0. The number of non-ortho nitro benzene ring substituents is 1. The predicted molar refractivity (Wildman–Crippen MR) is 89.1 cm³/mol. The molecule has 1 saturated carbocycles. The Hall–Kier alpha value is -2.97. The highest BCUT2D eigenvalue weighted by Crippen LogP contribution is 2.31. The molecule has 0 saturated heterocycles. The van der Waals surface area contributed by atoms with Crippen LogP contribution in [-0.4, -0.2) is 43.0 Å². The summed E-state index contributed by atoms with van der Waals surface area (Å²) in [4.78, 5) is 46.5. The van der Waals surface area contributed by atoms with Gasteiger partial charge in [0.25, 0.3) is 5.69 Å². The first-order valence-corrected chi connectivity index (χ1v) is 8.06. The van der Waals surface area contributed by atoms with E-state index in [1.165, 1.54) is 38.5 Å². The molecule has 2 rings (SSSR count). The fourth-order valence-corrected chi connectivity index (χ4v) is 2.60. The molecule has 1 aromatic carbocycles. The molecule has 1 amide bonds. The van der Waals surface area contributed by atoms with E-state index in [0.29, 0.717) is 5.56 Å². The molecule has 1 aliphatic rings. The quantitative estimate of drug-likeness (QED) is 0.419. The van der Waals surface area contributed by atoms with Crippen LogP contribution in [0.3, 0.4) is 0 Å². The first kappa shape index (κ1) is 19.4. The summed E-state index contributed by atoms with van der Waals surface area (Å²) in [5, 5.41) is 13.5. The Balaban J connectivity index is 2.34. The van der Waals surface area contributed by atoms with Crippen molar-refractivity contribution in [3.05, 3.63) is 39.9 Å². The molecule has 9 heteroatoms. The van der Waals surface area contributed by atoms with Crippen LogP contribution >= 0.6 is 0 Å². The fraction of sp³-hybridized carbons (Fsp3) is 0.471. The molecule has 0 unspecified atom stereocenters. The number of carbonyl (C=O) groups excluding carboxylic acids is 3. The molecule has 1 aliphatic carbocycles. The van der Waals surface area contributed by atoms with Gasteiger partial charge in [0.15, 0.2) is 0 Å². The van der Waals surface area contributed by atoms with Gasteiger partial charge in [-0.2, -0.15) is 0 Å². The predicted octanol–water partition coefficient (Wildman–Crippen LogP) is 1.31. The van der Waals surface area contributed by atoms with Crippen molar-refractivity contribution in [3.63, 3.8) is 0 Å². The summed E-state index contributed by atoms with van der Waals surface area (Å²) in [7, 11) is 2.40. The average molecular weight is 364 g/mol. The van der Waals surface area contributed by atoms with Gasteiger partial charge in [-0.1, -0.05) is 12.1 Å². The van der Waals surface area contributed by atoms with E-state index < -0.39 is 28.8 Å². The zero-order valence-electron chi connectivity index (χ0n) is 14.5. The maximum Gasteiger partial charge on any atom is 0.329 e. The number of hydrogen-bond acceptors (Lipinski definition) is 7. The summed E-state index contributed by atoms with van der Waals surface area (Å²) in [6, 6.07) is 4.34. The summed E-state index contributed by atoms with van der Waals surface area (Å²) in [5.41, 5.74) is 0.356. The number of nitro groups is 1. The lowest BCUT2D eigenvalue weighted by Crippen LogP contribution is -2.46. The Morgan fingerprint density at radius 1 is 1.19 bits per heavy atom. The average Bonchev–Trinajstić information content (AvgIpc) is 3.48. The molecule has 1 aromatic rings. The van der Waals surface area contributed by atoms with Crippen molar-refractivity contribution in [1.29, 1.82) is 0 Å². The molecule has 0 spiro atoms. The van der Waals surface area contributed by atoms with Gasteiger partial charge in [0.2, 0.25) is 5.91 Å². The summed E-state index contributed by atoms with van der Waals surface area (Å²) in [5.74, 6) is -2.48. The lowest BCUT2D eigenvalue weighted by Gasteiger charge is -2.25. The van der Waals surface area contributed by atoms with Crippen LogP contribution in [0.4, 0.5) is 5.69 Å². The van der Waals surface area contributed by atoms with Crippen LogP contribution in [-0.2, 0) is 23.9 Å². The molecule has 140 valence electrons. The monoisotopic (exact) mass is 364 g/mol. The van der Waals surface area contributed by atoms with Gasteiger partial charge in [-0.25, -0.2) is 4.79 Å². The van der Waals surface area contributed by atoms with E-state index in [9.17, 15) is 24.5 Å². The van der Waals surface area contributed by atoms with Crippen LogP contribution in [0.2, 0.25) is 0 Å². The van der Waals surface area contributed by atoms with Crippen molar-refractivity contribution in [2.24, 2.45) is 5.92 Å². The largest absolute Gasteiger partial charge is 0.469 e. The minimum atomic E-state index is -1.10. The lowest BCUT2D eigenvalue weighted by molar-refractivity contribution is -0.384. The summed E-state index contributed by atoms with van der Waals surface area (Å²) in [6.07, 6.45) is 1.30. The number of nitro benzene ring substituents is 1. The molecule has 0 aliphatic heterocycles. The van der Waals surface area contributed by atoms with Gasteiger partial charge in [-0.3, -0.25) is 19.7 Å². The molecule has 0 heterocycles. The number of esters is 2. The smallest absolute Gasteiger partial charge is 0.329 e. The number of hydrogen-bond donors (Lipinski definition) is 1. The van der Waals surface area contributed by atoms with Gasteiger partial charge >= 0.3 is 11.9 Å². The Kier molecular flexibility index (Phi) is 6.26. The molecule has 1 N–H and O–H groups in total. The third-order valence-electron chi connectivity index (χ3n) is 4.25. The normalized spacial score (nSPS) is 15.5. The van der Waals surface area contributed by atoms with Gasteiger partial charge in [0.1, 0.15) is 6.04 Å². The summed E-state index contributed by atoms with van der Waals surface area (Å²) in [6.45, 7) is 0. The highest BCUT2D eigenvalue weighted by molar-refractivity contribution is 5.88. The second kappa shape index (κ2) is 8.41. The standard InChI is InChI=1S/C17H20N2O7/c1-25-14(20)9-13(10-5-7-12(8-6-10)19(23)24)15(17(22)26-2)18-16(21)11-3-4-11/h5-8,11,13,15H,3-4,9H2,1-2H3,(H,18,21)/t13-,15-/m0/s1. The molecule has 0 bridgehead atoms. The third-order valence-corrected chi connectivity index (χ3v) is 4.25. The first-order chi connectivity index (χ1) is 12.4. The number of nitrogens with one attached hydrogen (secondary N) is 1. The van der Waals surface area contributed by atoms with Crippen molar-refractivity contribution >= 4 is 23.5 Å². The fourth-order valence-electron chi connectivity index (χ4n) is 2.60.